The third kappa shape index (κ3) is 5.00. The summed E-state index contributed by atoms with van der Waals surface area (Å²) in [7, 11) is 0. The highest BCUT2D eigenvalue weighted by Gasteiger charge is 2.46. The van der Waals surface area contributed by atoms with Gasteiger partial charge in [-0.25, -0.2) is 8.78 Å². The van der Waals surface area contributed by atoms with E-state index < -0.39 is 11.6 Å². The molecule has 48 heavy (non-hydrogen) atoms. The minimum absolute atomic E-state index is 0.0297. The lowest BCUT2D eigenvalue weighted by Gasteiger charge is -2.34. The van der Waals surface area contributed by atoms with Crippen LogP contribution in [0.25, 0.3) is 32.8 Å². The zero-order chi connectivity index (χ0) is 32.6. The van der Waals surface area contributed by atoms with Crippen LogP contribution >= 0.6 is 0 Å². The van der Waals surface area contributed by atoms with Gasteiger partial charge in [-0.1, -0.05) is 24.1 Å². The van der Waals surface area contributed by atoms with Crippen LogP contribution in [0.1, 0.15) is 42.5 Å². The molecule has 2 saturated heterocycles. The number of piperazine rings is 1. The molecule has 2 atom stereocenters. The van der Waals surface area contributed by atoms with Gasteiger partial charge in [-0.05, 0) is 67.0 Å². The molecular weight excluding hydrogens is 610 g/mol. The van der Waals surface area contributed by atoms with Gasteiger partial charge in [-0.3, -0.25) is 9.88 Å². The van der Waals surface area contributed by atoms with E-state index in [1.165, 1.54) is 23.8 Å². The lowest BCUT2D eigenvalue weighted by atomic mass is 9.93. The zero-order valence-electron chi connectivity index (χ0n) is 26.3. The number of rotatable bonds is 7. The van der Waals surface area contributed by atoms with E-state index in [2.05, 4.69) is 37.1 Å². The summed E-state index contributed by atoms with van der Waals surface area (Å²) < 4.78 is 39.6. The molecule has 2 aromatic heterocycles. The van der Waals surface area contributed by atoms with Gasteiger partial charge in [0.25, 0.3) is 0 Å². The van der Waals surface area contributed by atoms with Crippen LogP contribution in [0, 0.1) is 29.4 Å². The number of nitrogens with zero attached hydrogens (tertiary/aromatic N) is 5. The lowest BCUT2D eigenvalue weighted by molar-refractivity contribution is 0.154. The first-order valence-corrected chi connectivity index (χ1v) is 16.6. The second-order valence-corrected chi connectivity index (χ2v) is 13.9. The molecule has 4 aliphatic rings. The van der Waals surface area contributed by atoms with E-state index in [0.717, 1.165) is 51.0 Å². The highest BCUT2D eigenvalue weighted by atomic mass is 19.1. The summed E-state index contributed by atoms with van der Waals surface area (Å²) in [5, 5.41) is 15.6. The molecule has 2 bridgehead atoms. The molecule has 1 aliphatic carbocycles. The zero-order valence-corrected chi connectivity index (χ0v) is 26.3. The minimum Gasteiger partial charge on any atom is -0.508 e. The van der Waals surface area contributed by atoms with Crippen LogP contribution in [0.4, 0.5) is 14.6 Å². The Labute approximate surface area is 276 Å². The molecule has 5 aromatic rings. The minimum atomic E-state index is -0.848. The van der Waals surface area contributed by atoms with Crippen molar-refractivity contribution in [1.29, 1.82) is 0 Å². The third-order valence-corrected chi connectivity index (χ3v) is 10.5. The second kappa shape index (κ2) is 11.1. The number of anilines is 1. The van der Waals surface area contributed by atoms with Crippen molar-refractivity contribution >= 4 is 27.5 Å². The predicted octanol–water partition coefficient (Wildman–Crippen LogP) is 5.93. The van der Waals surface area contributed by atoms with Crippen molar-refractivity contribution in [2.75, 3.05) is 31.1 Å². The first-order valence-electron chi connectivity index (χ1n) is 16.6. The Morgan fingerprint density at radius 3 is 2.65 bits per heavy atom. The standard InChI is InChI=1S/C38H34F2N6O2/c1-2-22-5-3-6-23-13-27(47)14-28(32(22)23)33-30(39)15-29-35(34(33)40)43-37(44-36(29)46-17-25-8-9-26(18-46)42-25)48-21-38(10-11-38)20-45-16-24-7-4-12-41-31(24)19-45/h1,3-7,12-15,25-26,42,47H,8-11,16-21H2. The van der Waals surface area contributed by atoms with Crippen LogP contribution in [-0.4, -0.2) is 63.3 Å². The highest BCUT2D eigenvalue weighted by molar-refractivity contribution is 6.04. The fraction of sp³-hybridized carbons (Fsp3) is 0.342. The van der Waals surface area contributed by atoms with Crippen LogP contribution in [0.5, 0.6) is 11.8 Å². The monoisotopic (exact) mass is 644 g/mol. The summed E-state index contributed by atoms with van der Waals surface area (Å²) >= 11 is 0. The first-order chi connectivity index (χ1) is 23.4. The number of phenols is 1. The van der Waals surface area contributed by atoms with Crippen molar-refractivity contribution in [3.05, 3.63) is 83.2 Å². The summed E-state index contributed by atoms with van der Waals surface area (Å²) in [6, 6.07) is 14.2. The Hall–Kier alpha value is -4.85. The lowest BCUT2D eigenvalue weighted by Crippen LogP contribution is -2.51. The molecule has 3 aliphatic heterocycles. The van der Waals surface area contributed by atoms with Crippen molar-refractivity contribution in [3.63, 3.8) is 0 Å². The first kappa shape index (κ1) is 29.3. The fourth-order valence-electron chi connectivity index (χ4n) is 8.01. The Morgan fingerprint density at radius 2 is 1.88 bits per heavy atom. The molecule has 2 N–H and O–H groups in total. The van der Waals surface area contributed by atoms with Gasteiger partial charge >= 0.3 is 6.01 Å². The third-order valence-electron chi connectivity index (χ3n) is 10.5. The molecule has 3 fully saturated rings. The number of hydrogen-bond donors (Lipinski definition) is 2. The van der Waals surface area contributed by atoms with Crippen LogP contribution in [0.15, 0.2) is 54.7 Å². The van der Waals surface area contributed by atoms with Crippen molar-refractivity contribution in [2.45, 2.75) is 50.9 Å². The summed E-state index contributed by atoms with van der Waals surface area (Å²) in [5.41, 5.74) is 2.63. The summed E-state index contributed by atoms with van der Waals surface area (Å²) in [5.74, 6) is 1.34. The average Bonchev–Trinajstić information content (AvgIpc) is 3.59. The van der Waals surface area contributed by atoms with Gasteiger partial charge in [0.05, 0.1) is 17.9 Å². The molecule has 1 saturated carbocycles. The fourth-order valence-corrected chi connectivity index (χ4v) is 8.01. The van der Waals surface area contributed by atoms with Gasteiger partial charge in [0.1, 0.15) is 22.9 Å². The number of terminal acetylenes is 1. The number of aromatic nitrogens is 3. The van der Waals surface area contributed by atoms with Gasteiger partial charge < -0.3 is 20.1 Å². The number of ether oxygens (including phenoxy) is 1. The molecule has 8 nitrogen and oxygen atoms in total. The molecule has 242 valence electrons. The maximum absolute atomic E-state index is 16.9. The van der Waals surface area contributed by atoms with Crippen LogP contribution in [0.3, 0.4) is 0 Å². The number of fused-ring (bicyclic) bond motifs is 5. The molecule has 5 heterocycles. The molecule has 0 radical (unpaired) electrons. The van der Waals surface area contributed by atoms with Gasteiger partial charge in [-0.2, -0.15) is 9.97 Å². The summed E-state index contributed by atoms with van der Waals surface area (Å²) in [6.07, 6.45) is 11.8. The molecule has 0 spiro atoms. The highest BCUT2D eigenvalue weighted by Crippen LogP contribution is 2.48. The quantitative estimate of drug-likeness (QED) is 0.211. The number of benzene rings is 3. The van der Waals surface area contributed by atoms with Crippen molar-refractivity contribution in [2.24, 2.45) is 5.41 Å². The molecular formula is C38H34F2N6O2. The summed E-state index contributed by atoms with van der Waals surface area (Å²) in [6.45, 7) is 4.26. The largest absolute Gasteiger partial charge is 0.508 e. The average molecular weight is 645 g/mol. The molecule has 9 rings (SSSR count). The second-order valence-electron chi connectivity index (χ2n) is 13.9. The van der Waals surface area contributed by atoms with Crippen molar-refractivity contribution in [1.82, 2.24) is 25.2 Å². The normalized spacial score (nSPS) is 21.1. The Kier molecular flexibility index (Phi) is 6.78. The van der Waals surface area contributed by atoms with Gasteiger partial charge in [0, 0.05) is 78.3 Å². The van der Waals surface area contributed by atoms with E-state index in [-0.39, 0.29) is 51.3 Å². The van der Waals surface area contributed by atoms with Gasteiger partial charge in [0.15, 0.2) is 5.82 Å². The SMILES string of the molecule is C#Cc1cccc2cc(O)cc(-c3c(F)cc4c(N5CC6CCC(C5)N6)nc(OCC5(CN6Cc7cccnc7C6)CC5)nc4c3F)c12. The Bertz CT molecular complexity index is 2130. The molecule has 0 amide bonds. The number of halogens is 2. The number of pyridine rings is 1. The van der Waals surface area contributed by atoms with Crippen LogP contribution < -0.4 is 15.0 Å². The van der Waals surface area contributed by atoms with E-state index in [9.17, 15) is 5.11 Å². The van der Waals surface area contributed by atoms with Gasteiger partial charge in [0.2, 0.25) is 0 Å². The number of nitrogens with one attached hydrogen (secondary N) is 1. The van der Waals surface area contributed by atoms with E-state index in [0.29, 0.717) is 41.9 Å². The van der Waals surface area contributed by atoms with Crippen molar-refractivity contribution in [3.8, 4) is 35.2 Å². The van der Waals surface area contributed by atoms with Gasteiger partial charge in [-0.15, -0.1) is 6.42 Å². The summed E-state index contributed by atoms with van der Waals surface area (Å²) in [4.78, 5) is 18.5. The topological polar surface area (TPSA) is 86.6 Å². The molecule has 10 heteroatoms. The molecule has 3 aromatic carbocycles. The number of phenolic OH excluding ortho intramolecular Hbond substituents is 1. The van der Waals surface area contributed by atoms with E-state index in [1.807, 2.05) is 12.3 Å². The Morgan fingerprint density at radius 1 is 1.04 bits per heavy atom. The van der Waals surface area contributed by atoms with E-state index >= 15 is 8.78 Å². The number of hydrogen-bond acceptors (Lipinski definition) is 8. The molecule has 2 unspecified atom stereocenters. The Balaban J connectivity index is 1.12. The predicted molar refractivity (Wildman–Crippen MR) is 180 cm³/mol. The van der Waals surface area contributed by atoms with E-state index in [1.54, 1.807) is 18.2 Å². The van der Waals surface area contributed by atoms with E-state index in [4.69, 9.17) is 16.1 Å². The maximum Gasteiger partial charge on any atom is 0.319 e. The number of aromatic hydroxyl groups is 1. The smallest absolute Gasteiger partial charge is 0.319 e. The van der Waals surface area contributed by atoms with Crippen molar-refractivity contribution < 1.29 is 18.6 Å². The maximum atomic E-state index is 16.9. The van der Waals surface area contributed by atoms with Crippen LogP contribution in [-0.2, 0) is 13.1 Å². The van der Waals surface area contributed by atoms with Crippen LogP contribution in [0.2, 0.25) is 0 Å².